The molecule has 0 aromatic heterocycles. The molecule has 1 unspecified atom stereocenters. The Kier molecular flexibility index (Phi) is 2.79. The van der Waals surface area contributed by atoms with E-state index in [-0.39, 0.29) is 10.7 Å². The Hall–Kier alpha value is -1.54. The fraction of sp³-hybridized carbons (Fsp3) is 0.273. The minimum Gasteiger partial charge on any atom is -0.480 e. The highest BCUT2D eigenvalue weighted by Crippen LogP contribution is 2.31. The summed E-state index contributed by atoms with van der Waals surface area (Å²) in [5, 5.41) is 9.16. The molecule has 0 bridgehead atoms. The number of hydrogen-bond donors (Lipinski definition) is 1. The number of carbonyl (C=O) groups is 1. The van der Waals surface area contributed by atoms with E-state index in [9.17, 15) is 13.2 Å². The smallest absolute Gasteiger partial charge is 0.327 e. The van der Waals surface area contributed by atoms with Crippen molar-refractivity contribution in [1.29, 1.82) is 0 Å². The van der Waals surface area contributed by atoms with Gasteiger partial charge in [-0.1, -0.05) is 12.1 Å². The van der Waals surface area contributed by atoms with Crippen molar-refractivity contribution >= 4 is 33.6 Å². The molecule has 6 nitrogen and oxygen atoms in total. The van der Waals surface area contributed by atoms with Crippen molar-refractivity contribution in [1.82, 2.24) is 4.90 Å². The van der Waals surface area contributed by atoms with E-state index >= 15 is 0 Å². The lowest BCUT2D eigenvalue weighted by atomic mass is 10.1. The molecule has 1 aromatic rings. The first-order chi connectivity index (χ1) is 9.00. The number of hydrogen-bond acceptors (Lipinski definition) is 5. The van der Waals surface area contributed by atoms with Gasteiger partial charge in [-0.2, -0.15) is 8.42 Å². The molecule has 1 saturated heterocycles. The van der Waals surface area contributed by atoms with Crippen LogP contribution in [0.25, 0.3) is 0 Å². The Bertz CT molecular complexity index is 684. The van der Waals surface area contributed by atoms with Gasteiger partial charge in [0.15, 0.2) is 5.84 Å². The number of amidine groups is 1. The third-order valence-electron chi connectivity index (χ3n) is 3.05. The van der Waals surface area contributed by atoms with Crippen LogP contribution in [-0.4, -0.2) is 47.9 Å². The fourth-order valence-electron chi connectivity index (χ4n) is 2.15. The first-order valence-corrected chi connectivity index (χ1v) is 8.12. The molecule has 0 saturated carbocycles. The average Bonchev–Trinajstić information content (AvgIpc) is 2.93. The number of carboxylic acids is 1. The molecule has 2 heterocycles. The number of sulfonamides is 1. The number of thioether (sulfide) groups is 1. The van der Waals surface area contributed by atoms with E-state index in [0.29, 0.717) is 17.2 Å². The van der Waals surface area contributed by atoms with Gasteiger partial charge in [0.2, 0.25) is 0 Å². The second-order valence-corrected chi connectivity index (χ2v) is 6.78. The Labute approximate surface area is 114 Å². The molecular weight excluding hydrogens is 288 g/mol. The zero-order valence-electron chi connectivity index (χ0n) is 9.68. The predicted octanol–water partition coefficient (Wildman–Crippen LogP) is 0.595. The highest BCUT2D eigenvalue weighted by atomic mass is 32.2. The number of rotatable bonds is 1. The Morgan fingerprint density at radius 2 is 2.16 bits per heavy atom. The van der Waals surface area contributed by atoms with E-state index in [1.54, 1.807) is 18.2 Å². The molecular formula is C11H10N2O4S2. The Morgan fingerprint density at radius 3 is 2.89 bits per heavy atom. The van der Waals surface area contributed by atoms with E-state index in [0.717, 1.165) is 0 Å². The Balaban J connectivity index is 2.10. The van der Waals surface area contributed by atoms with Crippen LogP contribution >= 0.6 is 11.8 Å². The fourth-order valence-corrected chi connectivity index (χ4v) is 4.52. The number of carboxylic acid groups (broad SMARTS) is 1. The molecule has 1 N–H and O–H groups in total. The van der Waals surface area contributed by atoms with E-state index in [1.807, 2.05) is 0 Å². The van der Waals surface area contributed by atoms with Crippen molar-refractivity contribution in [3.63, 3.8) is 0 Å². The predicted molar refractivity (Wildman–Crippen MR) is 70.8 cm³/mol. The summed E-state index contributed by atoms with van der Waals surface area (Å²) in [6, 6.07) is 5.75. The summed E-state index contributed by atoms with van der Waals surface area (Å²) in [5.74, 6) is 0.137. The summed E-state index contributed by atoms with van der Waals surface area (Å²) in [7, 11) is -3.70. The van der Waals surface area contributed by atoms with Crippen molar-refractivity contribution < 1.29 is 18.3 Å². The van der Waals surface area contributed by atoms with Crippen LogP contribution in [0.1, 0.15) is 5.56 Å². The van der Waals surface area contributed by atoms with Gasteiger partial charge >= 0.3 is 5.97 Å². The summed E-state index contributed by atoms with van der Waals surface area (Å²) < 4.78 is 27.6. The summed E-state index contributed by atoms with van der Waals surface area (Å²) in [6.45, 7) is 0. The normalized spacial score (nSPS) is 24.1. The van der Waals surface area contributed by atoms with Crippen LogP contribution in [0, 0.1) is 0 Å². The summed E-state index contributed by atoms with van der Waals surface area (Å²) in [5.41, 5.74) is 0.483. The van der Waals surface area contributed by atoms with Crippen molar-refractivity contribution in [2.24, 2.45) is 4.40 Å². The first-order valence-electron chi connectivity index (χ1n) is 5.52. The van der Waals surface area contributed by atoms with Gasteiger partial charge in [-0.3, -0.25) is 0 Å². The van der Waals surface area contributed by atoms with Gasteiger partial charge in [0.25, 0.3) is 10.0 Å². The molecule has 2 aliphatic heterocycles. The molecule has 1 fully saturated rings. The topological polar surface area (TPSA) is 87.0 Å². The lowest BCUT2D eigenvalue weighted by Crippen LogP contribution is -2.41. The van der Waals surface area contributed by atoms with Gasteiger partial charge in [0.1, 0.15) is 10.9 Å². The maximum atomic E-state index is 11.9. The highest BCUT2D eigenvalue weighted by Gasteiger charge is 2.39. The quantitative estimate of drug-likeness (QED) is 0.817. The lowest BCUT2D eigenvalue weighted by molar-refractivity contribution is -0.140. The minimum atomic E-state index is -3.70. The number of fused-ring (bicyclic) bond motifs is 1. The second kappa shape index (κ2) is 4.24. The number of aliphatic carboxylic acids is 1. The van der Waals surface area contributed by atoms with Gasteiger partial charge in [-0.15, -0.1) is 16.2 Å². The van der Waals surface area contributed by atoms with Crippen LogP contribution < -0.4 is 0 Å². The van der Waals surface area contributed by atoms with Gasteiger partial charge in [-0.25, -0.2) is 4.79 Å². The van der Waals surface area contributed by atoms with Gasteiger partial charge in [0.05, 0.1) is 5.88 Å². The van der Waals surface area contributed by atoms with Crippen molar-refractivity contribution in [2.45, 2.75) is 10.9 Å². The summed E-state index contributed by atoms with van der Waals surface area (Å²) in [4.78, 5) is 12.9. The molecule has 0 aliphatic carbocycles. The molecule has 0 spiro atoms. The largest absolute Gasteiger partial charge is 0.480 e. The summed E-state index contributed by atoms with van der Waals surface area (Å²) >= 11 is 1.45. The van der Waals surface area contributed by atoms with Crippen molar-refractivity contribution in [3.05, 3.63) is 29.8 Å². The van der Waals surface area contributed by atoms with Gasteiger partial charge < -0.3 is 10.0 Å². The second-order valence-electron chi connectivity index (χ2n) is 4.21. The SMILES string of the molecule is O=C(O)C1CSCN1C1=NS(=O)(=O)c2ccccc21. The van der Waals surface area contributed by atoms with Gasteiger partial charge in [-0.05, 0) is 12.1 Å². The standard InChI is InChI=1S/C11H10N2O4S2/c14-11(15)8-5-18-6-13(8)10-7-3-1-2-4-9(7)19(16,17)12-10/h1-4,8H,5-6H2,(H,14,15). The average molecular weight is 298 g/mol. The maximum Gasteiger partial charge on any atom is 0.327 e. The van der Waals surface area contributed by atoms with E-state index < -0.39 is 22.0 Å². The monoisotopic (exact) mass is 298 g/mol. The molecule has 100 valence electrons. The summed E-state index contributed by atoms with van der Waals surface area (Å²) in [6.07, 6.45) is 0. The van der Waals surface area contributed by atoms with Crippen LogP contribution in [0.4, 0.5) is 0 Å². The molecule has 1 atom stereocenters. The van der Waals surface area contributed by atoms with Crippen LogP contribution in [-0.2, 0) is 14.8 Å². The molecule has 19 heavy (non-hydrogen) atoms. The maximum absolute atomic E-state index is 11.9. The van der Waals surface area contributed by atoms with Gasteiger partial charge in [0, 0.05) is 11.3 Å². The van der Waals surface area contributed by atoms with Crippen LogP contribution in [0.15, 0.2) is 33.6 Å². The lowest BCUT2D eigenvalue weighted by Gasteiger charge is -2.22. The molecule has 3 rings (SSSR count). The zero-order chi connectivity index (χ0) is 13.6. The van der Waals surface area contributed by atoms with Crippen LogP contribution in [0.3, 0.4) is 0 Å². The number of nitrogens with zero attached hydrogens (tertiary/aromatic N) is 2. The van der Waals surface area contributed by atoms with Crippen molar-refractivity contribution in [3.8, 4) is 0 Å². The minimum absolute atomic E-state index is 0.144. The zero-order valence-corrected chi connectivity index (χ0v) is 11.3. The molecule has 8 heteroatoms. The molecule has 0 amide bonds. The van der Waals surface area contributed by atoms with E-state index in [1.165, 1.54) is 22.7 Å². The molecule has 0 radical (unpaired) electrons. The first kappa shape index (κ1) is 12.5. The number of benzene rings is 1. The highest BCUT2D eigenvalue weighted by molar-refractivity contribution is 7.99. The van der Waals surface area contributed by atoms with E-state index in [4.69, 9.17) is 5.11 Å². The molecule has 1 aromatic carbocycles. The Morgan fingerprint density at radius 1 is 1.42 bits per heavy atom. The van der Waals surface area contributed by atoms with Crippen molar-refractivity contribution in [2.75, 3.05) is 11.6 Å². The van der Waals surface area contributed by atoms with E-state index in [2.05, 4.69) is 4.40 Å². The van der Waals surface area contributed by atoms with Crippen LogP contribution in [0.5, 0.6) is 0 Å². The third kappa shape index (κ3) is 1.91. The molecule has 2 aliphatic rings. The van der Waals surface area contributed by atoms with Crippen LogP contribution in [0.2, 0.25) is 0 Å². The third-order valence-corrected chi connectivity index (χ3v) is 5.39.